The summed E-state index contributed by atoms with van der Waals surface area (Å²) in [5.74, 6) is 1.79. The van der Waals surface area contributed by atoms with Crippen molar-refractivity contribution in [3.8, 4) is 11.6 Å². The van der Waals surface area contributed by atoms with Gasteiger partial charge in [0.05, 0.1) is 19.5 Å². The fourth-order valence-electron chi connectivity index (χ4n) is 1.80. The maximum absolute atomic E-state index is 5.71. The predicted octanol–water partition coefficient (Wildman–Crippen LogP) is 0.550. The van der Waals surface area contributed by atoms with Crippen molar-refractivity contribution in [1.29, 1.82) is 0 Å². The molecule has 2 aromatic heterocycles. The maximum atomic E-state index is 5.71. The minimum absolute atomic E-state index is 0.192. The molecule has 0 unspecified atom stereocenters. The monoisotopic (exact) mass is 247 g/mol. The lowest BCUT2D eigenvalue weighted by Crippen LogP contribution is -2.37. The first-order valence-electron chi connectivity index (χ1n) is 5.71. The summed E-state index contributed by atoms with van der Waals surface area (Å²) in [6.45, 7) is 2.84. The molecule has 94 valence electrons. The summed E-state index contributed by atoms with van der Waals surface area (Å²) in [5, 5.41) is 0. The Morgan fingerprint density at radius 3 is 2.72 bits per heavy atom. The Hall–Kier alpha value is -2.15. The van der Waals surface area contributed by atoms with Crippen LogP contribution >= 0.6 is 0 Å². The van der Waals surface area contributed by atoms with Gasteiger partial charge in [0, 0.05) is 13.1 Å². The highest BCUT2D eigenvalue weighted by Gasteiger charge is 2.17. The van der Waals surface area contributed by atoms with Gasteiger partial charge in [-0.1, -0.05) is 0 Å². The lowest BCUT2D eigenvalue weighted by Gasteiger charge is -2.26. The minimum Gasteiger partial charge on any atom is -0.461 e. The van der Waals surface area contributed by atoms with Crippen LogP contribution in [-0.2, 0) is 4.74 Å². The van der Waals surface area contributed by atoms with Crippen molar-refractivity contribution in [2.24, 2.45) is 0 Å². The Morgan fingerprint density at radius 2 is 2.00 bits per heavy atom. The molecule has 0 amide bonds. The third-order valence-electron chi connectivity index (χ3n) is 2.68. The van der Waals surface area contributed by atoms with Gasteiger partial charge in [-0.05, 0) is 12.1 Å². The topological polar surface area (TPSA) is 90.3 Å². The van der Waals surface area contributed by atoms with Crippen molar-refractivity contribution in [2.75, 3.05) is 36.9 Å². The minimum atomic E-state index is 0.192. The lowest BCUT2D eigenvalue weighted by molar-refractivity contribution is 0.122. The van der Waals surface area contributed by atoms with Crippen LogP contribution in [0.5, 0.6) is 0 Å². The van der Waals surface area contributed by atoms with E-state index in [0.717, 1.165) is 13.1 Å². The molecule has 0 spiro atoms. The fraction of sp³-hybridized carbons (Fsp3) is 0.364. The summed E-state index contributed by atoms with van der Waals surface area (Å²) in [6.07, 6.45) is 1.57. The van der Waals surface area contributed by atoms with E-state index < -0.39 is 0 Å². The largest absolute Gasteiger partial charge is 0.461 e. The second-order valence-electron chi connectivity index (χ2n) is 3.89. The first-order chi connectivity index (χ1) is 8.83. The normalized spacial score (nSPS) is 15.9. The molecule has 3 heterocycles. The van der Waals surface area contributed by atoms with Crippen LogP contribution in [0.4, 0.5) is 11.9 Å². The number of nitrogens with zero attached hydrogens (tertiary/aromatic N) is 4. The number of hydrogen-bond acceptors (Lipinski definition) is 7. The molecule has 1 aliphatic rings. The second-order valence-corrected chi connectivity index (χ2v) is 3.89. The molecule has 3 rings (SSSR count). The van der Waals surface area contributed by atoms with Gasteiger partial charge in [-0.15, -0.1) is 0 Å². The maximum Gasteiger partial charge on any atom is 0.230 e. The lowest BCUT2D eigenvalue weighted by atomic mass is 10.4. The molecule has 7 nitrogen and oxygen atoms in total. The van der Waals surface area contributed by atoms with Crippen LogP contribution in [0.2, 0.25) is 0 Å². The van der Waals surface area contributed by atoms with E-state index in [9.17, 15) is 0 Å². The van der Waals surface area contributed by atoms with Gasteiger partial charge in [-0.3, -0.25) is 0 Å². The van der Waals surface area contributed by atoms with Crippen LogP contribution in [-0.4, -0.2) is 41.3 Å². The zero-order chi connectivity index (χ0) is 12.4. The van der Waals surface area contributed by atoms with Gasteiger partial charge in [0.2, 0.25) is 17.7 Å². The number of hydrogen-bond donors (Lipinski definition) is 1. The molecule has 0 radical (unpaired) electrons. The molecule has 1 saturated heterocycles. The summed E-state index contributed by atoms with van der Waals surface area (Å²) in [7, 11) is 0. The summed E-state index contributed by atoms with van der Waals surface area (Å²) in [5.41, 5.74) is 5.71. The van der Waals surface area contributed by atoms with Crippen molar-refractivity contribution in [2.45, 2.75) is 0 Å². The zero-order valence-electron chi connectivity index (χ0n) is 9.74. The van der Waals surface area contributed by atoms with Gasteiger partial charge in [0.1, 0.15) is 0 Å². The molecular weight excluding hydrogens is 234 g/mol. The van der Waals surface area contributed by atoms with Crippen LogP contribution in [0.1, 0.15) is 0 Å². The van der Waals surface area contributed by atoms with E-state index in [1.807, 2.05) is 4.90 Å². The number of nitrogen functional groups attached to an aromatic ring is 1. The fourth-order valence-corrected chi connectivity index (χ4v) is 1.80. The molecule has 0 saturated carbocycles. The Balaban J connectivity index is 1.95. The van der Waals surface area contributed by atoms with Gasteiger partial charge < -0.3 is 19.8 Å². The van der Waals surface area contributed by atoms with E-state index in [1.165, 1.54) is 0 Å². The molecule has 7 heteroatoms. The first-order valence-corrected chi connectivity index (χ1v) is 5.71. The molecule has 0 aromatic carbocycles. The Bertz CT molecular complexity index is 522. The average molecular weight is 247 g/mol. The molecular formula is C11H13N5O2. The highest BCUT2D eigenvalue weighted by molar-refractivity contribution is 5.51. The number of aromatic nitrogens is 3. The first kappa shape index (κ1) is 11.0. The average Bonchev–Trinajstić information content (AvgIpc) is 2.93. The van der Waals surface area contributed by atoms with Gasteiger partial charge in [-0.25, -0.2) is 0 Å². The third-order valence-corrected chi connectivity index (χ3v) is 2.68. The standard InChI is InChI=1S/C11H13N5O2/c12-10-13-9(8-2-1-5-18-8)14-11(15-10)16-3-6-17-7-4-16/h1-2,5H,3-4,6-7H2,(H2,12,13,14,15). The quantitative estimate of drug-likeness (QED) is 0.828. The van der Waals surface area contributed by atoms with Crippen LogP contribution in [0.15, 0.2) is 22.8 Å². The summed E-state index contributed by atoms with van der Waals surface area (Å²) in [6, 6.07) is 3.57. The Morgan fingerprint density at radius 1 is 1.17 bits per heavy atom. The highest BCUT2D eigenvalue weighted by atomic mass is 16.5. The summed E-state index contributed by atoms with van der Waals surface area (Å²) < 4.78 is 10.6. The van der Waals surface area contributed by atoms with Crippen LogP contribution in [0.25, 0.3) is 11.6 Å². The molecule has 1 aliphatic heterocycles. The molecule has 0 atom stereocenters. The van der Waals surface area contributed by atoms with Crippen molar-refractivity contribution in [3.05, 3.63) is 18.4 Å². The van der Waals surface area contributed by atoms with E-state index >= 15 is 0 Å². The van der Waals surface area contributed by atoms with Gasteiger partial charge in [-0.2, -0.15) is 15.0 Å². The van der Waals surface area contributed by atoms with Crippen LogP contribution < -0.4 is 10.6 Å². The van der Waals surface area contributed by atoms with Crippen molar-refractivity contribution >= 4 is 11.9 Å². The number of furan rings is 1. The third kappa shape index (κ3) is 2.12. The molecule has 2 aromatic rings. The SMILES string of the molecule is Nc1nc(-c2ccco2)nc(N2CCOCC2)n1. The molecule has 0 aliphatic carbocycles. The molecule has 0 bridgehead atoms. The van der Waals surface area contributed by atoms with Crippen LogP contribution in [0.3, 0.4) is 0 Å². The summed E-state index contributed by atoms with van der Waals surface area (Å²) >= 11 is 0. The van der Waals surface area contributed by atoms with E-state index in [-0.39, 0.29) is 5.95 Å². The number of rotatable bonds is 2. The number of morpholine rings is 1. The smallest absolute Gasteiger partial charge is 0.230 e. The van der Waals surface area contributed by atoms with Crippen molar-refractivity contribution < 1.29 is 9.15 Å². The van der Waals surface area contributed by atoms with Crippen molar-refractivity contribution in [3.63, 3.8) is 0 Å². The zero-order valence-corrected chi connectivity index (χ0v) is 9.74. The Kier molecular flexibility index (Phi) is 2.81. The van der Waals surface area contributed by atoms with Gasteiger partial charge >= 0.3 is 0 Å². The number of nitrogens with two attached hydrogens (primary N) is 1. The van der Waals surface area contributed by atoms with E-state index in [0.29, 0.717) is 30.7 Å². The highest BCUT2D eigenvalue weighted by Crippen LogP contribution is 2.19. The van der Waals surface area contributed by atoms with Gasteiger partial charge in [0.25, 0.3) is 0 Å². The molecule has 2 N–H and O–H groups in total. The molecule has 1 fully saturated rings. The predicted molar refractivity (Wildman–Crippen MR) is 65.0 cm³/mol. The van der Waals surface area contributed by atoms with E-state index in [4.69, 9.17) is 14.9 Å². The van der Waals surface area contributed by atoms with Crippen molar-refractivity contribution in [1.82, 2.24) is 15.0 Å². The molecule has 18 heavy (non-hydrogen) atoms. The number of ether oxygens (including phenoxy) is 1. The van der Waals surface area contributed by atoms with Gasteiger partial charge in [0.15, 0.2) is 5.76 Å². The summed E-state index contributed by atoms with van der Waals surface area (Å²) in [4.78, 5) is 14.6. The number of anilines is 2. The van der Waals surface area contributed by atoms with E-state index in [1.54, 1.807) is 18.4 Å². The van der Waals surface area contributed by atoms with E-state index in [2.05, 4.69) is 15.0 Å². The van der Waals surface area contributed by atoms with Crippen LogP contribution in [0, 0.1) is 0 Å². The Labute approximate surface area is 104 Å². The second kappa shape index (κ2) is 4.61.